The minimum Gasteiger partial charge on any atom is -0.352 e. The minimum absolute atomic E-state index is 0.0448. The van der Waals surface area contributed by atoms with Gasteiger partial charge in [-0.1, -0.05) is 48.0 Å². The summed E-state index contributed by atoms with van der Waals surface area (Å²) in [6.07, 6.45) is 4.42. The molecule has 0 bridgehead atoms. The summed E-state index contributed by atoms with van der Waals surface area (Å²) in [6, 6.07) is 2.01. The third kappa shape index (κ3) is 4.13. The Morgan fingerprint density at radius 3 is 2.62 bits per heavy atom. The van der Waals surface area contributed by atoms with E-state index in [0.29, 0.717) is 18.0 Å². The molecule has 0 aliphatic rings. The first-order valence-corrected chi connectivity index (χ1v) is 8.90. The Kier molecular flexibility index (Phi) is 5.62. The van der Waals surface area contributed by atoms with Crippen molar-refractivity contribution < 1.29 is 4.79 Å². The number of carbonyl (C=O) groups excluding carboxylic acids is 1. The molecule has 132 valence electrons. The molecule has 24 heavy (non-hydrogen) atoms. The molecule has 5 heteroatoms. The first kappa shape index (κ1) is 18.4. The van der Waals surface area contributed by atoms with Crippen molar-refractivity contribution in [3.05, 3.63) is 29.2 Å². The summed E-state index contributed by atoms with van der Waals surface area (Å²) < 4.78 is 1.85. The number of rotatable bonds is 6. The number of aromatic nitrogens is 3. The molecule has 0 radical (unpaired) electrons. The fraction of sp³-hybridized carbons (Fsp3) is 0.632. The topological polar surface area (TPSA) is 59.3 Å². The van der Waals surface area contributed by atoms with Gasteiger partial charge in [-0.2, -0.15) is 5.10 Å². The molecule has 2 aromatic rings. The Hall–Kier alpha value is -1.91. The summed E-state index contributed by atoms with van der Waals surface area (Å²) in [5.74, 6) is 0.516. The molecule has 5 nitrogen and oxygen atoms in total. The van der Waals surface area contributed by atoms with Gasteiger partial charge in [0.1, 0.15) is 0 Å². The first-order chi connectivity index (χ1) is 11.2. The molecule has 0 saturated heterocycles. The number of fused-ring (bicyclic) bond motifs is 1. The maximum absolute atomic E-state index is 12.6. The number of hydrogen-bond acceptors (Lipinski definition) is 3. The van der Waals surface area contributed by atoms with Crippen LogP contribution in [0.2, 0.25) is 0 Å². The van der Waals surface area contributed by atoms with E-state index in [-0.39, 0.29) is 11.3 Å². The normalized spacial score (nSPS) is 12.1. The van der Waals surface area contributed by atoms with Gasteiger partial charge in [-0.15, -0.1) is 0 Å². The maximum Gasteiger partial charge on any atom is 0.254 e. The highest BCUT2D eigenvalue weighted by Crippen LogP contribution is 2.23. The Bertz CT molecular complexity index is 710. The molecule has 1 amide bonds. The molecule has 0 aromatic carbocycles. The summed E-state index contributed by atoms with van der Waals surface area (Å²) in [5.41, 5.74) is 3.33. The van der Waals surface area contributed by atoms with E-state index in [9.17, 15) is 4.79 Å². The number of hydrogen-bond donors (Lipinski definition) is 1. The molecule has 1 N–H and O–H groups in total. The van der Waals surface area contributed by atoms with Crippen molar-refractivity contribution in [2.24, 2.45) is 5.92 Å². The van der Waals surface area contributed by atoms with Gasteiger partial charge in [-0.05, 0) is 18.8 Å². The van der Waals surface area contributed by atoms with E-state index in [2.05, 4.69) is 51.8 Å². The van der Waals surface area contributed by atoms with Gasteiger partial charge in [0, 0.05) is 24.2 Å². The fourth-order valence-corrected chi connectivity index (χ4v) is 2.58. The second kappa shape index (κ2) is 7.32. The van der Waals surface area contributed by atoms with Crippen LogP contribution in [0.1, 0.15) is 76.1 Å². The van der Waals surface area contributed by atoms with Crippen LogP contribution < -0.4 is 5.32 Å². The Labute approximate surface area is 144 Å². The van der Waals surface area contributed by atoms with Gasteiger partial charge in [-0.3, -0.25) is 4.79 Å². The van der Waals surface area contributed by atoms with Crippen LogP contribution in [-0.2, 0) is 11.8 Å². The molecule has 0 aliphatic carbocycles. The average Bonchev–Trinajstić information content (AvgIpc) is 2.92. The first-order valence-electron chi connectivity index (χ1n) is 8.90. The molecule has 0 saturated carbocycles. The van der Waals surface area contributed by atoms with Crippen molar-refractivity contribution in [3.63, 3.8) is 0 Å². The lowest BCUT2D eigenvalue weighted by Crippen LogP contribution is -2.27. The number of amides is 1. The van der Waals surface area contributed by atoms with Crippen LogP contribution in [-0.4, -0.2) is 27.0 Å². The van der Waals surface area contributed by atoms with Gasteiger partial charge >= 0.3 is 0 Å². The minimum atomic E-state index is -0.0543. The lowest BCUT2D eigenvalue weighted by Gasteiger charge is -2.14. The zero-order valence-electron chi connectivity index (χ0n) is 15.8. The highest BCUT2D eigenvalue weighted by Gasteiger charge is 2.21. The van der Waals surface area contributed by atoms with Crippen molar-refractivity contribution in [1.82, 2.24) is 19.9 Å². The van der Waals surface area contributed by atoms with E-state index in [4.69, 9.17) is 5.10 Å². The van der Waals surface area contributed by atoms with Crippen molar-refractivity contribution in [3.8, 4) is 0 Å². The molecular formula is C19H30N4O. The molecular weight excluding hydrogens is 300 g/mol. The summed E-state index contributed by atoms with van der Waals surface area (Å²) in [6.45, 7) is 13.5. The largest absolute Gasteiger partial charge is 0.352 e. The third-order valence-corrected chi connectivity index (χ3v) is 4.09. The fourth-order valence-electron chi connectivity index (χ4n) is 2.58. The highest BCUT2D eigenvalue weighted by molar-refractivity contribution is 5.95. The van der Waals surface area contributed by atoms with E-state index < -0.39 is 0 Å². The second-order valence-electron chi connectivity index (χ2n) is 7.86. The van der Waals surface area contributed by atoms with Gasteiger partial charge in [0.2, 0.25) is 0 Å². The summed E-state index contributed by atoms with van der Waals surface area (Å²) in [7, 11) is 0. The van der Waals surface area contributed by atoms with Crippen LogP contribution in [0.3, 0.4) is 0 Å². The van der Waals surface area contributed by atoms with Crippen LogP contribution in [0, 0.1) is 5.92 Å². The van der Waals surface area contributed by atoms with Gasteiger partial charge in [-0.25, -0.2) is 9.50 Å². The monoisotopic (exact) mass is 330 g/mol. The van der Waals surface area contributed by atoms with E-state index in [1.165, 1.54) is 0 Å². The summed E-state index contributed by atoms with van der Waals surface area (Å²) >= 11 is 0. The zero-order chi connectivity index (χ0) is 17.9. The standard InChI is InChI=1S/C19H30N4O/c1-7-8-15-14(18(24)20-10-9-13(2)3)12-21-17-11-16(19(4,5)6)22-23(15)17/h11-13H,7-10H2,1-6H3,(H,20,24). The lowest BCUT2D eigenvalue weighted by atomic mass is 9.93. The number of aryl methyl sites for hydroxylation is 1. The molecule has 2 heterocycles. The smallest absolute Gasteiger partial charge is 0.254 e. The van der Waals surface area contributed by atoms with Crippen LogP contribution in [0.4, 0.5) is 0 Å². The summed E-state index contributed by atoms with van der Waals surface area (Å²) in [4.78, 5) is 17.0. The quantitative estimate of drug-likeness (QED) is 0.877. The van der Waals surface area contributed by atoms with Crippen molar-refractivity contribution in [1.29, 1.82) is 0 Å². The van der Waals surface area contributed by atoms with Crippen LogP contribution in [0.15, 0.2) is 12.3 Å². The molecule has 0 unspecified atom stereocenters. The molecule has 0 spiro atoms. The number of nitrogens with zero attached hydrogens (tertiary/aromatic N) is 3. The van der Waals surface area contributed by atoms with Crippen LogP contribution >= 0.6 is 0 Å². The van der Waals surface area contributed by atoms with Crippen molar-refractivity contribution in [2.45, 2.75) is 66.2 Å². The van der Waals surface area contributed by atoms with E-state index in [1.54, 1.807) is 6.20 Å². The third-order valence-electron chi connectivity index (χ3n) is 4.09. The zero-order valence-corrected chi connectivity index (χ0v) is 15.8. The second-order valence-corrected chi connectivity index (χ2v) is 7.86. The average molecular weight is 330 g/mol. The Balaban J connectivity index is 2.39. The van der Waals surface area contributed by atoms with E-state index in [0.717, 1.165) is 36.3 Å². The lowest BCUT2D eigenvalue weighted by molar-refractivity contribution is 0.0950. The molecule has 2 rings (SSSR count). The molecule has 0 aliphatic heterocycles. The van der Waals surface area contributed by atoms with Crippen LogP contribution in [0.25, 0.3) is 5.65 Å². The molecule has 2 aromatic heterocycles. The van der Waals surface area contributed by atoms with Gasteiger partial charge in [0.15, 0.2) is 5.65 Å². The SMILES string of the molecule is CCCc1c(C(=O)NCCC(C)C)cnc2cc(C(C)(C)C)nn12. The van der Waals surface area contributed by atoms with Crippen molar-refractivity contribution in [2.75, 3.05) is 6.54 Å². The van der Waals surface area contributed by atoms with Gasteiger partial charge in [0.25, 0.3) is 5.91 Å². The summed E-state index contributed by atoms with van der Waals surface area (Å²) in [5, 5.41) is 7.74. The van der Waals surface area contributed by atoms with Gasteiger partial charge in [0.05, 0.1) is 17.0 Å². The number of nitrogens with one attached hydrogen (secondary N) is 1. The highest BCUT2D eigenvalue weighted by atomic mass is 16.1. The maximum atomic E-state index is 12.6. The van der Waals surface area contributed by atoms with Crippen LogP contribution in [0.5, 0.6) is 0 Å². The molecule has 0 fully saturated rings. The predicted molar refractivity (Wildman–Crippen MR) is 97.5 cm³/mol. The van der Waals surface area contributed by atoms with E-state index in [1.807, 2.05) is 10.6 Å². The van der Waals surface area contributed by atoms with Crippen molar-refractivity contribution >= 4 is 11.6 Å². The van der Waals surface area contributed by atoms with Gasteiger partial charge < -0.3 is 5.32 Å². The Morgan fingerprint density at radius 1 is 1.33 bits per heavy atom. The number of carbonyl (C=O) groups is 1. The predicted octanol–water partition coefficient (Wildman–Crippen LogP) is 3.76. The van der Waals surface area contributed by atoms with E-state index >= 15 is 0 Å². The molecule has 0 atom stereocenters. The Morgan fingerprint density at radius 2 is 2.04 bits per heavy atom.